The molecule has 0 aliphatic carbocycles. The van der Waals surface area contributed by atoms with Crippen molar-refractivity contribution in [2.75, 3.05) is 7.05 Å². The van der Waals surface area contributed by atoms with Crippen LogP contribution in [0.4, 0.5) is 13.2 Å². The number of hydrogen-bond donors (Lipinski definition) is 0. The van der Waals surface area contributed by atoms with Gasteiger partial charge in [0.05, 0.1) is 5.56 Å². The number of hydrogen-bond acceptors (Lipinski definition) is 2. The van der Waals surface area contributed by atoms with Crippen LogP contribution in [0.5, 0.6) is 0 Å². The number of benzene rings is 1. The van der Waals surface area contributed by atoms with Gasteiger partial charge in [-0.05, 0) is 29.8 Å². The number of amides is 1. The van der Waals surface area contributed by atoms with Crippen LogP contribution in [0.1, 0.15) is 21.6 Å². The van der Waals surface area contributed by atoms with Gasteiger partial charge >= 0.3 is 6.18 Å². The smallest absolute Gasteiger partial charge is 0.337 e. The number of halogens is 4. The predicted molar refractivity (Wildman–Crippen MR) is 76.5 cm³/mol. The van der Waals surface area contributed by atoms with Crippen LogP contribution in [0, 0.1) is 0 Å². The van der Waals surface area contributed by atoms with E-state index in [1.54, 1.807) is 31.3 Å². The minimum Gasteiger partial charge on any atom is -0.337 e. The molecule has 22 heavy (non-hydrogen) atoms. The first-order valence-corrected chi connectivity index (χ1v) is 6.68. The van der Waals surface area contributed by atoms with Crippen molar-refractivity contribution in [3.05, 3.63) is 64.4 Å². The van der Waals surface area contributed by atoms with Gasteiger partial charge in [-0.1, -0.05) is 23.7 Å². The van der Waals surface area contributed by atoms with Gasteiger partial charge in [0.2, 0.25) is 0 Å². The van der Waals surface area contributed by atoms with E-state index in [0.29, 0.717) is 11.6 Å². The molecule has 0 N–H and O–H groups in total. The molecule has 1 amide bonds. The fraction of sp³-hybridized carbons (Fsp3) is 0.200. The molecule has 0 bridgehead atoms. The Balaban J connectivity index is 2.10. The largest absolute Gasteiger partial charge is 0.433 e. The highest BCUT2D eigenvalue weighted by Gasteiger charge is 2.32. The number of alkyl halides is 3. The third kappa shape index (κ3) is 3.98. The lowest BCUT2D eigenvalue weighted by molar-refractivity contribution is -0.141. The highest BCUT2D eigenvalue weighted by Crippen LogP contribution is 2.27. The first-order chi connectivity index (χ1) is 10.3. The lowest BCUT2D eigenvalue weighted by Crippen LogP contribution is -2.26. The lowest BCUT2D eigenvalue weighted by Gasteiger charge is -2.17. The minimum absolute atomic E-state index is 0.0949. The number of pyridine rings is 1. The molecule has 2 rings (SSSR count). The summed E-state index contributed by atoms with van der Waals surface area (Å²) in [6.45, 7) is 0.292. The Morgan fingerprint density at radius 2 is 2.00 bits per heavy atom. The van der Waals surface area contributed by atoms with Crippen LogP contribution in [-0.4, -0.2) is 22.8 Å². The van der Waals surface area contributed by atoms with E-state index in [-0.39, 0.29) is 5.56 Å². The van der Waals surface area contributed by atoms with Gasteiger partial charge in [0.1, 0.15) is 5.69 Å². The monoisotopic (exact) mass is 328 g/mol. The Morgan fingerprint density at radius 1 is 1.27 bits per heavy atom. The maximum Gasteiger partial charge on any atom is 0.433 e. The zero-order chi connectivity index (χ0) is 16.3. The van der Waals surface area contributed by atoms with E-state index < -0.39 is 17.8 Å². The van der Waals surface area contributed by atoms with Crippen LogP contribution in [0.15, 0.2) is 42.6 Å². The molecule has 0 fully saturated rings. The maximum atomic E-state index is 12.4. The number of carbonyl (C=O) groups is 1. The first kappa shape index (κ1) is 16.3. The zero-order valence-corrected chi connectivity index (χ0v) is 12.3. The summed E-state index contributed by atoms with van der Waals surface area (Å²) in [6, 6.07) is 8.91. The van der Waals surface area contributed by atoms with E-state index in [2.05, 4.69) is 4.98 Å². The molecule has 2 aromatic rings. The summed E-state index contributed by atoms with van der Waals surface area (Å²) in [5, 5.41) is 0.551. The third-order valence-electron chi connectivity index (χ3n) is 2.96. The van der Waals surface area contributed by atoms with Gasteiger partial charge in [-0.15, -0.1) is 0 Å². The molecule has 116 valence electrons. The SMILES string of the molecule is CN(Cc1cccc(Cl)c1)C(=O)c1ccc(C(F)(F)F)nc1. The van der Waals surface area contributed by atoms with Crippen molar-refractivity contribution in [2.45, 2.75) is 12.7 Å². The normalized spacial score (nSPS) is 11.3. The molecule has 0 saturated carbocycles. The van der Waals surface area contributed by atoms with Gasteiger partial charge in [-0.2, -0.15) is 13.2 Å². The summed E-state index contributed by atoms with van der Waals surface area (Å²) >= 11 is 5.87. The van der Waals surface area contributed by atoms with E-state index in [1.807, 2.05) is 0 Å². The Morgan fingerprint density at radius 3 is 2.55 bits per heavy atom. The fourth-order valence-electron chi connectivity index (χ4n) is 1.89. The summed E-state index contributed by atoms with van der Waals surface area (Å²) < 4.78 is 37.3. The molecule has 1 aromatic heterocycles. The standard InChI is InChI=1S/C15H12ClF3N2O/c1-21(9-10-3-2-4-12(16)7-10)14(22)11-5-6-13(20-8-11)15(17,18)19/h2-8H,9H2,1H3. The summed E-state index contributed by atoms with van der Waals surface area (Å²) in [7, 11) is 1.56. The molecular formula is C15H12ClF3N2O. The van der Waals surface area contributed by atoms with E-state index >= 15 is 0 Å². The van der Waals surface area contributed by atoms with Crippen LogP contribution >= 0.6 is 11.6 Å². The first-order valence-electron chi connectivity index (χ1n) is 6.30. The Hall–Kier alpha value is -2.08. The van der Waals surface area contributed by atoms with Crippen molar-refractivity contribution in [3.8, 4) is 0 Å². The molecule has 1 heterocycles. The molecule has 0 atom stereocenters. The van der Waals surface area contributed by atoms with Gasteiger partial charge < -0.3 is 4.90 Å². The second-order valence-electron chi connectivity index (χ2n) is 4.72. The second-order valence-corrected chi connectivity index (χ2v) is 5.16. The van der Waals surface area contributed by atoms with Gasteiger partial charge in [0, 0.05) is 24.8 Å². The van der Waals surface area contributed by atoms with E-state index in [9.17, 15) is 18.0 Å². The Kier molecular flexibility index (Phi) is 4.71. The van der Waals surface area contributed by atoms with Gasteiger partial charge in [0.25, 0.3) is 5.91 Å². The summed E-state index contributed by atoms with van der Waals surface area (Å²) in [5.41, 5.74) is -0.109. The summed E-state index contributed by atoms with van der Waals surface area (Å²) in [4.78, 5) is 16.8. The fourth-order valence-corrected chi connectivity index (χ4v) is 2.10. The minimum atomic E-state index is -4.52. The van der Waals surface area contributed by atoms with E-state index in [4.69, 9.17) is 11.6 Å². The summed E-state index contributed by atoms with van der Waals surface area (Å²) in [5.74, 6) is -0.416. The molecule has 0 radical (unpaired) electrons. The highest BCUT2D eigenvalue weighted by molar-refractivity contribution is 6.30. The molecule has 1 aromatic carbocycles. The molecule has 0 saturated heterocycles. The predicted octanol–water partition coefficient (Wildman–Crippen LogP) is 4.03. The third-order valence-corrected chi connectivity index (χ3v) is 3.19. The quantitative estimate of drug-likeness (QED) is 0.852. The van der Waals surface area contributed by atoms with Crippen molar-refractivity contribution in [1.29, 1.82) is 0 Å². The average molecular weight is 329 g/mol. The second kappa shape index (κ2) is 6.36. The van der Waals surface area contributed by atoms with Crippen molar-refractivity contribution in [3.63, 3.8) is 0 Å². The summed E-state index contributed by atoms with van der Waals surface area (Å²) in [6.07, 6.45) is -3.59. The number of nitrogens with zero attached hydrogens (tertiary/aromatic N) is 2. The van der Waals surface area contributed by atoms with Gasteiger partial charge in [-0.25, -0.2) is 0 Å². The molecular weight excluding hydrogens is 317 g/mol. The van der Waals surface area contributed by atoms with E-state index in [1.165, 1.54) is 4.90 Å². The van der Waals surface area contributed by atoms with Crippen LogP contribution in [0.25, 0.3) is 0 Å². The van der Waals surface area contributed by atoms with E-state index in [0.717, 1.165) is 23.9 Å². The topological polar surface area (TPSA) is 33.2 Å². The zero-order valence-electron chi connectivity index (χ0n) is 11.6. The Bertz CT molecular complexity index is 671. The van der Waals surface area contributed by atoms with Crippen molar-refractivity contribution >= 4 is 17.5 Å². The van der Waals surface area contributed by atoms with Crippen molar-refractivity contribution < 1.29 is 18.0 Å². The number of carbonyl (C=O) groups excluding carboxylic acids is 1. The van der Waals surface area contributed by atoms with Gasteiger partial charge in [-0.3, -0.25) is 9.78 Å². The van der Waals surface area contributed by atoms with Crippen LogP contribution < -0.4 is 0 Å². The molecule has 0 aliphatic rings. The molecule has 3 nitrogen and oxygen atoms in total. The lowest BCUT2D eigenvalue weighted by atomic mass is 10.2. The molecule has 0 aliphatic heterocycles. The highest BCUT2D eigenvalue weighted by atomic mass is 35.5. The number of aromatic nitrogens is 1. The maximum absolute atomic E-state index is 12.4. The van der Waals surface area contributed by atoms with Gasteiger partial charge in [0.15, 0.2) is 0 Å². The molecule has 0 spiro atoms. The number of rotatable bonds is 3. The molecule has 7 heteroatoms. The van der Waals surface area contributed by atoms with Crippen LogP contribution in [0.2, 0.25) is 5.02 Å². The van der Waals surface area contributed by atoms with Crippen molar-refractivity contribution in [2.24, 2.45) is 0 Å². The van der Waals surface area contributed by atoms with Crippen LogP contribution in [0.3, 0.4) is 0 Å². The Labute approximate surface area is 130 Å². The molecule has 0 unspecified atom stereocenters. The van der Waals surface area contributed by atoms with Crippen molar-refractivity contribution in [1.82, 2.24) is 9.88 Å². The van der Waals surface area contributed by atoms with Crippen LogP contribution in [-0.2, 0) is 12.7 Å². The average Bonchev–Trinajstić information content (AvgIpc) is 2.45.